The van der Waals surface area contributed by atoms with E-state index in [1.807, 2.05) is 26.0 Å². The van der Waals surface area contributed by atoms with Gasteiger partial charge in [-0.2, -0.15) is 0 Å². The van der Waals surface area contributed by atoms with Crippen LogP contribution in [0.2, 0.25) is 0 Å². The highest BCUT2D eigenvalue weighted by molar-refractivity contribution is 5.22. The quantitative estimate of drug-likeness (QED) is 0.427. The Morgan fingerprint density at radius 1 is 1.57 bits per heavy atom. The van der Waals surface area contributed by atoms with Crippen LogP contribution in [0.4, 0.5) is 0 Å². The van der Waals surface area contributed by atoms with Gasteiger partial charge in [-0.1, -0.05) is 6.07 Å². The molecule has 0 bridgehead atoms. The van der Waals surface area contributed by atoms with E-state index in [9.17, 15) is 0 Å². The number of terminal acetylenes is 1. The fourth-order valence-corrected chi connectivity index (χ4v) is 1.21. The Morgan fingerprint density at radius 3 is 2.79 bits per heavy atom. The maximum Gasteiger partial charge on any atom is 0.0741 e. The molecule has 0 amide bonds. The molecule has 0 radical (unpaired) electrons. The minimum atomic E-state index is -0.0562. The van der Waals surface area contributed by atoms with Gasteiger partial charge in [-0.3, -0.25) is 16.3 Å². The lowest BCUT2D eigenvalue weighted by molar-refractivity contribution is 0.552. The van der Waals surface area contributed by atoms with Crippen molar-refractivity contribution >= 4 is 0 Å². The maximum absolute atomic E-state index is 5.39. The molecule has 14 heavy (non-hydrogen) atoms. The second-order valence-electron chi connectivity index (χ2n) is 3.27. The lowest BCUT2D eigenvalue weighted by atomic mass is 10.1. The molecule has 1 heterocycles. The van der Waals surface area contributed by atoms with Gasteiger partial charge in [-0.05, 0) is 25.5 Å². The van der Waals surface area contributed by atoms with E-state index in [0.29, 0.717) is 6.42 Å². The Morgan fingerprint density at radius 2 is 2.29 bits per heavy atom. The van der Waals surface area contributed by atoms with Crippen molar-refractivity contribution in [1.82, 2.24) is 10.4 Å². The number of hydrogen-bond donors (Lipinski definition) is 2. The predicted octanol–water partition coefficient (Wildman–Crippen LogP) is 1.23. The van der Waals surface area contributed by atoms with Crippen molar-refractivity contribution in [1.29, 1.82) is 0 Å². The Labute approximate surface area is 84.7 Å². The first-order chi connectivity index (χ1) is 6.69. The molecule has 0 aliphatic rings. The highest BCUT2D eigenvalue weighted by atomic mass is 15.2. The number of hydrogen-bond acceptors (Lipinski definition) is 3. The van der Waals surface area contributed by atoms with Gasteiger partial charge in [0.15, 0.2) is 0 Å². The molecule has 0 spiro atoms. The van der Waals surface area contributed by atoms with Crippen LogP contribution in [0, 0.1) is 26.2 Å². The summed E-state index contributed by atoms with van der Waals surface area (Å²) in [5.74, 6) is 7.96. The van der Waals surface area contributed by atoms with Gasteiger partial charge in [0.2, 0.25) is 0 Å². The van der Waals surface area contributed by atoms with Gasteiger partial charge in [0.25, 0.3) is 0 Å². The summed E-state index contributed by atoms with van der Waals surface area (Å²) in [6, 6.07) is 3.92. The summed E-state index contributed by atoms with van der Waals surface area (Å²) in [5.41, 5.74) is 5.74. The maximum atomic E-state index is 5.39. The molecule has 0 saturated heterocycles. The van der Waals surface area contributed by atoms with Crippen LogP contribution in [-0.4, -0.2) is 4.98 Å². The van der Waals surface area contributed by atoms with E-state index in [1.165, 1.54) is 5.56 Å². The van der Waals surface area contributed by atoms with Crippen molar-refractivity contribution in [2.75, 3.05) is 0 Å². The molecular formula is C11H15N3. The van der Waals surface area contributed by atoms with Crippen LogP contribution in [0.25, 0.3) is 0 Å². The second-order valence-corrected chi connectivity index (χ2v) is 3.27. The molecule has 3 nitrogen and oxygen atoms in total. The number of pyridine rings is 1. The molecule has 1 atom stereocenters. The zero-order chi connectivity index (χ0) is 10.6. The Bertz CT molecular complexity index is 352. The van der Waals surface area contributed by atoms with Gasteiger partial charge in [-0.15, -0.1) is 12.3 Å². The molecule has 3 heteroatoms. The third-order valence-corrected chi connectivity index (χ3v) is 2.25. The van der Waals surface area contributed by atoms with Crippen molar-refractivity contribution in [2.45, 2.75) is 26.3 Å². The molecule has 1 unspecified atom stereocenters. The molecule has 0 saturated carbocycles. The van der Waals surface area contributed by atoms with E-state index in [-0.39, 0.29) is 6.04 Å². The van der Waals surface area contributed by atoms with Gasteiger partial charge in [-0.25, -0.2) is 0 Å². The Hall–Kier alpha value is -1.37. The summed E-state index contributed by atoms with van der Waals surface area (Å²) in [4.78, 5) is 4.42. The van der Waals surface area contributed by atoms with Crippen LogP contribution in [0.1, 0.15) is 29.4 Å². The highest BCUT2D eigenvalue weighted by Crippen LogP contribution is 2.14. The highest BCUT2D eigenvalue weighted by Gasteiger charge is 2.09. The lowest BCUT2D eigenvalue weighted by Gasteiger charge is -2.13. The minimum Gasteiger partial charge on any atom is -0.271 e. The van der Waals surface area contributed by atoms with E-state index in [2.05, 4.69) is 16.3 Å². The monoisotopic (exact) mass is 189 g/mol. The van der Waals surface area contributed by atoms with Gasteiger partial charge in [0.05, 0.1) is 11.7 Å². The van der Waals surface area contributed by atoms with Gasteiger partial charge in [0.1, 0.15) is 0 Å². The first-order valence-corrected chi connectivity index (χ1v) is 4.52. The van der Waals surface area contributed by atoms with E-state index < -0.39 is 0 Å². The number of aromatic nitrogens is 1. The van der Waals surface area contributed by atoms with Crippen molar-refractivity contribution in [2.24, 2.45) is 5.84 Å². The topological polar surface area (TPSA) is 50.9 Å². The van der Waals surface area contributed by atoms with Gasteiger partial charge >= 0.3 is 0 Å². The molecule has 1 rings (SSSR count). The van der Waals surface area contributed by atoms with Crippen molar-refractivity contribution in [3.05, 3.63) is 29.1 Å². The number of nitrogens with zero attached hydrogens (tertiary/aromatic N) is 1. The van der Waals surface area contributed by atoms with Crippen molar-refractivity contribution in [3.63, 3.8) is 0 Å². The van der Waals surface area contributed by atoms with Crippen LogP contribution in [0.5, 0.6) is 0 Å². The lowest BCUT2D eigenvalue weighted by Crippen LogP contribution is -2.28. The standard InChI is InChI=1S/C11H15N3/c1-4-5-11(14-12)10-7-6-8(2)9(3)13-10/h1,6-7,11,14H,5,12H2,2-3H3. The average Bonchev–Trinajstić information content (AvgIpc) is 2.19. The molecule has 1 aromatic rings. The summed E-state index contributed by atoms with van der Waals surface area (Å²) in [5, 5.41) is 0. The molecule has 0 aromatic carbocycles. The molecule has 74 valence electrons. The van der Waals surface area contributed by atoms with E-state index in [0.717, 1.165) is 11.4 Å². The predicted molar refractivity (Wildman–Crippen MR) is 57.2 cm³/mol. The summed E-state index contributed by atoms with van der Waals surface area (Å²) < 4.78 is 0. The fraction of sp³-hybridized carbons (Fsp3) is 0.364. The fourth-order valence-electron chi connectivity index (χ4n) is 1.21. The van der Waals surface area contributed by atoms with Crippen LogP contribution >= 0.6 is 0 Å². The van der Waals surface area contributed by atoms with E-state index >= 15 is 0 Å². The van der Waals surface area contributed by atoms with Crippen LogP contribution in [0.15, 0.2) is 12.1 Å². The van der Waals surface area contributed by atoms with Crippen molar-refractivity contribution < 1.29 is 0 Å². The van der Waals surface area contributed by atoms with E-state index in [4.69, 9.17) is 12.3 Å². The third-order valence-electron chi connectivity index (χ3n) is 2.25. The molecule has 0 aliphatic carbocycles. The van der Waals surface area contributed by atoms with Gasteiger partial charge < -0.3 is 0 Å². The minimum absolute atomic E-state index is 0.0562. The smallest absolute Gasteiger partial charge is 0.0741 e. The van der Waals surface area contributed by atoms with Crippen LogP contribution in [0.3, 0.4) is 0 Å². The molecule has 0 fully saturated rings. The summed E-state index contributed by atoms with van der Waals surface area (Å²) in [6.45, 7) is 4.00. The first kappa shape index (κ1) is 10.7. The molecule has 1 aromatic heterocycles. The molecular weight excluding hydrogens is 174 g/mol. The first-order valence-electron chi connectivity index (χ1n) is 4.52. The normalized spacial score (nSPS) is 12.1. The number of aryl methyl sites for hydroxylation is 2. The number of nitrogens with two attached hydrogens (primary N) is 1. The summed E-state index contributed by atoms with van der Waals surface area (Å²) in [7, 11) is 0. The Balaban J connectivity index is 2.95. The number of nitrogens with one attached hydrogen (secondary N) is 1. The largest absolute Gasteiger partial charge is 0.271 e. The summed E-state index contributed by atoms with van der Waals surface area (Å²) in [6.07, 6.45) is 5.78. The zero-order valence-electron chi connectivity index (χ0n) is 8.54. The Kier molecular flexibility index (Phi) is 3.63. The third kappa shape index (κ3) is 2.32. The number of rotatable bonds is 3. The van der Waals surface area contributed by atoms with Crippen LogP contribution in [-0.2, 0) is 0 Å². The zero-order valence-corrected chi connectivity index (χ0v) is 8.54. The molecule has 3 N–H and O–H groups in total. The van der Waals surface area contributed by atoms with E-state index in [1.54, 1.807) is 0 Å². The summed E-state index contributed by atoms with van der Waals surface area (Å²) >= 11 is 0. The SMILES string of the molecule is C#CCC(NN)c1ccc(C)c(C)n1. The second kappa shape index (κ2) is 4.75. The number of hydrazine groups is 1. The van der Waals surface area contributed by atoms with Crippen molar-refractivity contribution in [3.8, 4) is 12.3 Å². The van der Waals surface area contributed by atoms with Crippen LogP contribution < -0.4 is 11.3 Å². The van der Waals surface area contributed by atoms with Gasteiger partial charge in [0, 0.05) is 12.1 Å². The molecule has 0 aliphatic heterocycles. The average molecular weight is 189 g/mol.